The Balaban J connectivity index is 2.65. The lowest BCUT2D eigenvalue weighted by molar-refractivity contribution is -0.146. The molecule has 2 atom stereocenters. The first-order valence-corrected chi connectivity index (χ1v) is 7.50. The summed E-state index contributed by atoms with van der Waals surface area (Å²) >= 11 is 5.96. The maximum atomic E-state index is 12.0. The van der Waals surface area contributed by atoms with Gasteiger partial charge in [0.1, 0.15) is 11.8 Å². The molecule has 6 nitrogen and oxygen atoms in total. The van der Waals surface area contributed by atoms with Crippen LogP contribution in [0.25, 0.3) is 0 Å². The predicted octanol–water partition coefficient (Wildman–Crippen LogP) is 2.29. The van der Waals surface area contributed by atoms with Gasteiger partial charge in [-0.15, -0.1) is 0 Å². The van der Waals surface area contributed by atoms with Gasteiger partial charge in [0.05, 0.1) is 23.8 Å². The van der Waals surface area contributed by atoms with E-state index >= 15 is 0 Å². The number of hydrogen-bond acceptors (Lipinski definition) is 5. The molecule has 0 aromatic heterocycles. The highest BCUT2D eigenvalue weighted by atomic mass is 35.5. The largest absolute Gasteiger partial charge is 0.482 e. The van der Waals surface area contributed by atoms with Crippen LogP contribution in [0.15, 0.2) is 18.2 Å². The summed E-state index contributed by atoms with van der Waals surface area (Å²) < 4.78 is 10.0. The van der Waals surface area contributed by atoms with Crippen LogP contribution in [0, 0.1) is 17.2 Å². The summed E-state index contributed by atoms with van der Waals surface area (Å²) in [6.07, 6.45) is 0.711. The number of carbonyl (C=O) groups excluding carboxylic acids is 2. The third kappa shape index (κ3) is 5.46. The van der Waals surface area contributed by atoms with Crippen molar-refractivity contribution in [1.29, 1.82) is 5.26 Å². The molecule has 0 heterocycles. The number of benzene rings is 1. The molecule has 0 bridgehead atoms. The molecule has 0 spiro atoms. The Kier molecular flexibility index (Phi) is 7.36. The number of nitrogens with zero attached hydrogens (tertiary/aromatic N) is 1. The Bertz CT molecular complexity index is 613. The van der Waals surface area contributed by atoms with Crippen LogP contribution in [0.1, 0.15) is 25.8 Å². The van der Waals surface area contributed by atoms with Crippen molar-refractivity contribution in [2.45, 2.75) is 26.3 Å². The van der Waals surface area contributed by atoms with Crippen molar-refractivity contribution in [1.82, 2.24) is 5.32 Å². The Morgan fingerprint density at radius 2 is 2.13 bits per heavy atom. The highest BCUT2D eigenvalue weighted by Gasteiger charge is 2.26. The summed E-state index contributed by atoms with van der Waals surface area (Å²) in [5, 5.41) is 11.6. The standard InChI is InChI=1S/C16H19ClN2O4/c1-4-10(2)15(16(21)22-3)19-14(20)9-23-13-6-5-11(8-18)7-12(13)17/h5-7,10,15H,4,9H2,1-3H3,(H,19,20)/t10-,15-/m1/s1. The lowest BCUT2D eigenvalue weighted by atomic mass is 9.99. The van der Waals surface area contributed by atoms with Crippen LogP contribution in [0.5, 0.6) is 5.75 Å². The molecule has 0 saturated carbocycles. The zero-order chi connectivity index (χ0) is 17.4. The number of rotatable bonds is 7. The van der Waals surface area contributed by atoms with Crippen molar-refractivity contribution in [3.8, 4) is 11.8 Å². The van der Waals surface area contributed by atoms with Gasteiger partial charge in [0.25, 0.3) is 5.91 Å². The van der Waals surface area contributed by atoms with E-state index in [4.69, 9.17) is 26.3 Å². The van der Waals surface area contributed by atoms with Crippen LogP contribution in [-0.2, 0) is 14.3 Å². The van der Waals surface area contributed by atoms with E-state index in [9.17, 15) is 9.59 Å². The van der Waals surface area contributed by atoms with E-state index in [1.165, 1.54) is 25.3 Å². The van der Waals surface area contributed by atoms with Crippen LogP contribution in [0.4, 0.5) is 0 Å². The van der Waals surface area contributed by atoms with E-state index in [1.807, 2.05) is 19.9 Å². The Morgan fingerprint density at radius 1 is 1.43 bits per heavy atom. The topological polar surface area (TPSA) is 88.4 Å². The molecule has 7 heteroatoms. The number of nitrogens with one attached hydrogen (secondary N) is 1. The fourth-order valence-corrected chi connectivity index (χ4v) is 2.08. The van der Waals surface area contributed by atoms with Crippen molar-refractivity contribution in [3.05, 3.63) is 28.8 Å². The highest BCUT2D eigenvalue weighted by molar-refractivity contribution is 6.32. The Hall–Kier alpha value is -2.26. The smallest absolute Gasteiger partial charge is 0.328 e. The lowest BCUT2D eigenvalue weighted by Gasteiger charge is -2.21. The number of halogens is 1. The number of esters is 1. The van der Waals surface area contributed by atoms with E-state index in [0.29, 0.717) is 17.7 Å². The second-order valence-electron chi connectivity index (χ2n) is 5.00. The molecule has 1 rings (SSSR count). The van der Waals surface area contributed by atoms with Crippen LogP contribution >= 0.6 is 11.6 Å². The molecule has 124 valence electrons. The van der Waals surface area contributed by atoms with Gasteiger partial charge in [0.2, 0.25) is 0 Å². The van der Waals surface area contributed by atoms with Crippen molar-refractivity contribution in [2.24, 2.45) is 5.92 Å². The number of ether oxygens (including phenoxy) is 2. The van der Waals surface area contributed by atoms with E-state index in [-0.39, 0.29) is 17.5 Å². The monoisotopic (exact) mass is 338 g/mol. The second-order valence-corrected chi connectivity index (χ2v) is 5.41. The van der Waals surface area contributed by atoms with Crippen LogP contribution in [-0.4, -0.2) is 31.6 Å². The number of methoxy groups -OCH3 is 1. The average molecular weight is 339 g/mol. The molecule has 0 saturated heterocycles. The van der Waals surface area contributed by atoms with E-state index in [2.05, 4.69) is 5.32 Å². The molecule has 23 heavy (non-hydrogen) atoms. The fraction of sp³-hybridized carbons (Fsp3) is 0.438. The minimum atomic E-state index is -0.725. The molecule has 1 aromatic carbocycles. The van der Waals surface area contributed by atoms with Gasteiger partial charge in [-0.25, -0.2) is 4.79 Å². The van der Waals surface area contributed by atoms with Gasteiger partial charge in [-0.1, -0.05) is 31.9 Å². The molecule has 0 aliphatic carbocycles. The van der Waals surface area contributed by atoms with Gasteiger partial charge in [-0.3, -0.25) is 4.79 Å². The first-order chi connectivity index (χ1) is 10.9. The van der Waals surface area contributed by atoms with Crippen molar-refractivity contribution in [3.63, 3.8) is 0 Å². The highest BCUT2D eigenvalue weighted by Crippen LogP contribution is 2.25. The van der Waals surface area contributed by atoms with Crippen molar-refractivity contribution >= 4 is 23.5 Å². The van der Waals surface area contributed by atoms with Gasteiger partial charge in [-0.2, -0.15) is 5.26 Å². The quantitative estimate of drug-likeness (QED) is 0.770. The second kappa shape index (κ2) is 9.01. The number of nitriles is 1. The maximum absolute atomic E-state index is 12.0. The van der Waals surface area contributed by atoms with Crippen molar-refractivity contribution < 1.29 is 19.1 Å². The first-order valence-electron chi connectivity index (χ1n) is 7.12. The SMILES string of the molecule is CC[C@@H](C)[C@@H](NC(=O)COc1ccc(C#N)cc1Cl)C(=O)OC. The molecular weight excluding hydrogens is 320 g/mol. The Morgan fingerprint density at radius 3 is 2.65 bits per heavy atom. The molecular formula is C16H19ClN2O4. The summed E-state index contributed by atoms with van der Waals surface area (Å²) in [6.45, 7) is 3.47. The molecule has 1 amide bonds. The summed E-state index contributed by atoms with van der Waals surface area (Å²) in [4.78, 5) is 23.7. The van der Waals surface area contributed by atoms with Crippen LogP contribution < -0.4 is 10.1 Å². The van der Waals surface area contributed by atoms with E-state index in [0.717, 1.165) is 0 Å². The molecule has 1 N–H and O–H groups in total. The number of carbonyl (C=O) groups is 2. The summed E-state index contributed by atoms with van der Waals surface area (Å²) in [5.41, 5.74) is 0.398. The van der Waals surface area contributed by atoms with Gasteiger partial charge < -0.3 is 14.8 Å². The number of hydrogen-bond donors (Lipinski definition) is 1. The molecule has 1 aromatic rings. The molecule has 0 fully saturated rings. The van der Waals surface area contributed by atoms with Crippen molar-refractivity contribution in [2.75, 3.05) is 13.7 Å². The van der Waals surface area contributed by atoms with E-state index < -0.39 is 17.9 Å². The summed E-state index contributed by atoms with van der Waals surface area (Å²) in [5.74, 6) is -0.728. The zero-order valence-corrected chi connectivity index (χ0v) is 14.0. The summed E-state index contributed by atoms with van der Waals surface area (Å²) in [6, 6.07) is 5.73. The van der Waals surface area contributed by atoms with Crippen LogP contribution in [0.2, 0.25) is 5.02 Å². The molecule has 0 unspecified atom stereocenters. The third-order valence-corrected chi connectivity index (χ3v) is 3.70. The van der Waals surface area contributed by atoms with Gasteiger partial charge in [0.15, 0.2) is 6.61 Å². The number of amides is 1. The average Bonchev–Trinajstić information content (AvgIpc) is 2.56. The van der Waals surface area contributed by atoms with E-state index in [1.54, 1.807) is 0 Å². The Labute approximate surface area is 140 Å². The van der Waals surface area contributed by atoms with Gasteiger partial charge in [-0.05, 0) is 24.1 Å². The minimum absolute atomic E-state index is 0.0649. The minimum Gasteiger partial charge on any atom is -0.482 e. The molecule has 0 aliphatic heterocycles. The normalized spacial score (nSPS) is 12.7. The fourth-order valence-electron chi connectivity index (χ4n) is 1.84. The van der Waals surface area contributed by atoms with Gasteiger partial charge >= 0.3 is 5.97 Å². The lowest BCUT2D eigenvalue weighted by Crippen LogP contribution is -2.47. The maximum Gasteiger partial charge on any atom is 0.328 e. The van der Waals surface area contributed by atoms with Crippen LogP contribution in [0.3, 0.4) is 0 Å². The third-order valence-electron chi connectivity index (χ3n) is 3.40. The predicted molar refractivity (Wildman–Crippen MR) is 85.1 cm³/mol. The molecule has 0 radical (unpaired) electrons. The molecule has 0 aliphatic rings. The zero-order valence-electron chi connectivity index (χ0n) is 13.3. The first kappa shape index (κ1) is 18.8. The summed E-state index contributed by atoms with van der Waals surface area (Å²) in [7, 11) is 1.27. The van der Waals surface area contributed by atoms with Gasteiger partial charge in [0, 0.05) is 0 Å².